The predicted molar refractivity (Wildman–Crippen MR) is 84.8 cm³/mol. The van der Waals surface area contributed by atoms with Crippen molar-refractivity contribution < 1.29 is 9.53 Å². The van der Waals surface area contributed by atoms with Crippen molar-refractivity contribution in [3.05, 3.63) is 11.8 Å². The van der Waals surface area contributed by atoms with Crippen molar-refractivity contribution in [3.8, 4) is 0 Å². The van der Waals surface area contributed by atoms with E-state index in [1.165, 1.54) is 32.1 Å². The molecule has 0 aromatic carbocycles. The summed E-state index contributed by atoms with van der Waals surface area (Å²) in [5, 5.41) is 0. The van der Waals surface area contributed by atoms with Crippen LogP contribution in [0.5, 0.6) is 0 Å². The lowest BCUT2D eigenvalue weighted by molar-refractivity contribution is -0.203. The molecule has 0 amide bonds. The van der Waals surface area contributed by atoms with Gasteiger partial charge in [-0.15, -0.1) is 0 Å². The molecular weight excluding hydrogens is 260 g/mol. The van der Waals surface area contributed by atoms with Gasteiger partial charge in [-0.2, -0.15) is 0 Å². The maximum absolute atomic E-state index is 10.8. The Bertz CT molecular complexity index is 464. The molecule has 0 aromatic heterocycles. The summed E-state index contributed by atoms with van der Waals surface area (Å²) in [5.74, 6) is 2.25. The van der Waals surface area contributed by atoms with Gasteiger partial charge in [-0.05, 0) is 49.4 Å². The lowest BCUT2D eigenvalue weighted by atomic mass is 9.44. The van der Waals surface area contributed by atoms with Crippen molar-refractivity contribution >= 4 is 6.29 Å². The Labute approximate surface area is 129 Å². The topological polar surface area (TPSA) is 26.3 Å². The summed E-state index contributed by atoms with van der Waals surface area (Å²) in [6.45, 7) is 9.76. The lowest BCUT2D eigenvalue weighted by Crippen LogP contribution is -2.61. The Morgan fingerprint density at radius 3 is 2.62 bits per heavy atom. The molecule has 2 nitrogen and oxygen atoms in total. The van der Waals surface area contributed by atoms with Gasteiger partial charge in [-0.1, -0.05) is 34.1 Å². The van der Waals surface area contributed by atoms with E-state index >= 15 is 0 Å². The first-order valence-electron chi connectivity index (χ1n) is 8.69. The van der Waals surface area contributed by atoms with Gasteiger partial charge < -0.3 is 4.74 Å². The van der Waals surface area contributed by atoms with Crippen LogP contribution in [0.1, 0.15) is 72.6 Å². The van der Waals surface area contributed by atoms with Gasteiger partial charge >= 0.3 is 0 Å². The van der Waals surface area contributed by atoms with Crippen molar-refractivity contribution in [2.45, 2.75) is 78.2 Å². The van der Waals surface area contributed by atoms with Crippen molar-refractivity contribution in [1.29, 1.82) is 0 Å². The largest absolute Gasteiger partial charge is 0.491 e. The number of carbonyl (C=O) groups excluding carboxylic acids is 1. The van der Waals surface area contributed by atoms with Gasteiger partial charge in [0, 0.05) is 17.9 Å². The SMILES string of the molecule is C[C@@H]1CC[C@@H]2C(C)(C)CCC[C@]2(C)[C@@]12CCC(=CC=O)O2. The van der Waals surface area contributed by atoms with E-state index in [-0.39, 0.29) is 11.0 Å². The molecule has 21 heavy (non-hydrogen) atoms. The molecule has 4 atom stereocenters. The Kier molecular flexibility index (Phi) is 3.50. The molecule has 2 heteroatoms. The first-order chi connectivity index (χ1) is 9.86. The molecule has 118 valence electrons. The van der Waals surface area contributed by atoms with Crippen LogP contribution in [0.2, 0.25) is 0 Å². The van der Waals surface area contributed by atoms with Crippen LogP contribution in [-0.2, 0) is 9.53 Å². The van der Waals surface area contributed by atoms with Crippen molar-refractivity contribution in [2.24, 2.45) is 22.7 Å². The Hall–Kier alpha value is -0.790. The highest BCUT2D eigenvalue weighted by molar-refractivity contribution is 5.65. The highest BCUT2D eigenvalue weighted by Crippen LogP contribution is 2.66. The molecule has 3 fully saturated rings. The third-order valence-corrected chi connectivity index (χ3v) is 7.19. The highest BCUT2D eigenvalue weighted by atomic mass is 16.5. The quantitative estimate of drug-likeness (QED) is 0.508. The van der Waals surface area contributed by atoms with Gasteiger partial charge in [0.2, 0.25) is 0 Å². The summed E-state index contributed by atoms with van der Waals surface area (Å²) in [6, 6.07) is 0. The van der Waals surface area contributed by atoms with E-state index in [0.29, 0.717) is 11.3 Å². The third-order valence-electron chi connectivity index (χ3n) is 7.19. The third kappa shape index (κ3) is 2.01. The van der Waals surface area contributed by atoms with Crippen molar-refractivity contribution in [3.63, 3.8) is 0 Å². The molecule has 1 aliphatic heterocycles. The van der Waals surface area contributed by atoms with E-state index in [2.05, 4.69) is 27.7 Å². The maximum atomic E-state index is 10.8. The fraction of sp³-hybridized carbons (Fsp3) is 0.842. The van der Waals surface area contributed by atoms with Gasteiger partial charge in [0.25, 0.3) is 0 Å². The summed E-state index contributed by atoms with van der Waals surface area (Å²) in [6.07, 6.45) is 11.1. The van der Waals surface area contributed by atoms with Gasteiger partial charge in [-0.3, -0.25) is 4.79 Å². The summed E-state index contributed by atoms with van der Waals surface area (Å²) in [5.41, 5.74) is 0.633. The Balaban J connectivity index is 2.02. The van der Waals surface area contributed by atoms with Crippen molar-refractivity contribution in [2.75, 3.05) is 0 Å². The molecule has 3 aliphatic rings. The molecule has 1 heterocycles. The van der Waals surface area contributed by atoms with E-state index < -0.39 is 0 Å². The van der Waals surface area contributed by atoms with Crippen LogP contribution in [0.15, 0.2) is 11.8 Å². The van der Waals surface area contributed by atoms with E-state index in [1.807, 2.05) is 0 Å². The van der Waals surface area contributed by atoms with E-state index in [1.54, 1.807) is 6.08 Å². The second kappa shape index (κ2) is 4.86. The summed E-state index contributed by atoms with van der Waals surface area (Å²) >= 11 is 0. The maximum Gasteiger partial charge on any atom is 0.146 e. The van der Waals surface area contributed by atoms with Crippen LogP contribution in [-0.4, -0.2) is 11.9 Å². The van der Waals surface area contributed by atoms with Gasteiger partial charge in [0.1, 0.15) is 17.6 Å². The molecule has 0 bridgehead atoms. The number of rotatable bonds is 1. The highest BCUT2D eigenvalue weighted by Gasteiger charge is 2.64. The zero-order valence-corrected chi connectivity index (χ0v) is 14.1. The molecule has 1 saturated heterocycles. The number of aldehydes is 1. The number of fused-ring (bicyclic) bond motifs is 2. The minimum atomic E-state index is -0.0392. The average molecular weight is 290 g/mol. The van der Waals surface area contributed by atoms with E-state index in [0.717, 1.165) is 30.8 Å². The first-order valence-corrected chi connectivity index (χ1v) is 8.69. The van der Waals surface area contributed by atoms with Crippen LogP contribution in [0.4, 0.5) is 0 Å². The van der Waals surface area contributed by atoms with Crippen LogP contribution in [0.25, 0.3) is 0 Å². The summed E-state index contributed by atoms with van der Waals surface area (Å²) in [4.78, 5) is 10.8. The van der Waals surface area contributed by atoms with Gasteiger partial charge in [-0.25, -0.2) is 0 Å². The molecule has 1 spiro atoms. The number of hydrogen-bond acceptors (Lipinski definition) is 2. The standard InChI is InChI=1S/C19H30O2/c1-14-6-7-16-17(2,3)10-5-11-18(16,4)19(14)12-8-15(21-19)9-13-20/h9,13-14,16H,5-8,10-12H2,1-4H3/t14-,16-,18+,19-/m1/s1. The summed E-state index contributed by atoms with van der Waals surface area (Å²) < 4.78 is 6.54. The van der Waals surface area contributed by atoms with E-state index in [9.17, 15) is 4.79 Å². The zero-order chi connectivity index (χ0) is 15.3. The molecule has 2 aliphatic carbocycles. The monoisotopic (exact) mass is 290 g/mol. The second-order valence-corrected chi connectivity index (χ2v) is 8.55. The fourth-order valence-electron chi connectivity index (χ4n) is 6.14. The smallest absolute Gasteiger partial charge is 0.146 e. The second-order valence-electron chi connectivity index (χ2n) is 8.55. The van der Waals surface area contributed by atoms with Gasteiger partial charge in [0.15, 0.2) is 0 Å². The number of hydrogen-bond donors (Lipinski definition) is 0. The van der Waals surface area contributed by atoms with Gasteiger partial charge in [0.05, 0.1) is 0 Å². The molecular formula is C19H30O2. The minimum Gasteiger partial charge on any atom is -0.491 e. The van der Waals surface area contributed by atoms with Crippen LogP contribution in [0, 0.1) is 22.7 Å². The normalized spacial score (nSPS) is 47.1. The molecule has 2 saturated carbocycles. The molecule has 0 radical (unpaired) electrons. The Morgan fingerprint density at radius 2 is 1.90 bits per heavy atom. The molecule has 0 aromatic rings. The average Bonchev–Trinajstić information content (AvgIpc) is 2.82. The predicted octanol–water partition coefficient (Wildman–Crippen LogP) is 4.88. The molecule has 0 N–H and O–H groups in total. The number of ether oxygens (including phenoxy) is 1. The van der Waals surface area contributed by atoms with Crippen LogP contribution in [0.3, 0.4) is 0 Å². The number of allylic oxidation sites excluding steroid dienone is 2. The Morgan fingerprint density at radius 1 is 1.14 bits per heavy atom. The lowest BCUT2D eigenvalue weighted by Gasteiger charge is -2.63. The summed E-state index contributed by atoms with van der Waals surface area (Å²) in [7, 11) is 0. The first kappa shape index (κ1) is 15.1. The van der Waals surface area contributed by atoms with Crippen LogP contribution < -0.4 is 0 Å². The molecule has 0 unspecified atom stereocenters. The van der Waals surface area contributed by atoms with E-state index in [4.69, 9.17) is 4.74 Å². The number of carbonyl (C=O) groups is 1. The fourth-order valence-corrected chi connectivity index (χ4v) is 6.14. The van der Waals surface area contributed by atoms with Crippen molar-refractivity contribution in [1.82, 2.24) is 0 Å². The van der Waals surface area contributed by atoms with Crippen LogP contribution >= 0.6 is 0 Å². The zero-order valence-electron chi connectivity index (χ0n) is 14.1. The molecule has 3 rings (SSSR count). The minimum absolute atomic E-state index is 0.0392.